The summed E-state index contributed by atoms with van der Waals surface area (Å²) >= 11 is 0. The van der Waals surface area contributed by atoms with E-state index in [9.17, 15) is 4.79 Å². The topological polar surface area (TPSA) is 85.8 Å². The first-order valence-corrected chi connectivity index (χ1v) is 7.99. The first-order valence-electron chi connectivity index (χ1n) is 7.99. The van der Waals surface area contributed by atoms with E-state index in [4.69, 9.17) is 4.52 Å². The summed E-state index contributed by atoms with van der Waals surface area (Å²) in [7, 11) is 0. The molecule has 3 rings (SSSR count). The lowest BCUT2D eigenvalue weighted by Gasteiger charge is -2.14. The third-order valence-corrected chi connectivity index (χ3v) is 4.24. The Morgan fingerprint density at radius 2 is 2.12 bits per heavy atom. The van der Waals surface area contributed by atoms with Gasteiger partial charge in [0.25, 0.3) is 11.6 Å². The van der Waals surface area contributed by atoms with E-state index >= 15 is 0 Å². The van der Waals surface area contributed by atoms with Gasteiger partial charge in [-0.05, 0) is 40.7 Å². The molecule has 1 amide bonds. The highest BCUT2D eigenvalue weighted by Crippen LogP contribution is 2.23. The molecule has 126 valence electrons. The van der Waals surface area contributed by atoms with Crippen LogP contribution in [0.5, 0.6) is 0 Å². The van der Waals surface area contributed by atoms with Crippen LogP contribution in [0.2, 0.25) is 0 Å². The normalized spacial score (nSPS) is 12.5. The molecule has 0 unspecified atom stereocenters. The number of carbonyl (C=O) groups excluding carboxylic acids is 1. The van der Waals surface area contributed by atoms with E-state index in [1.54, 1.807) is 13.0 Å². The highest BCUT2D eigenvalue weighted by atomic mass is 16.5. The van der Waals surface area contributed by atoms with Gasteiger partial charge in [-0.1, -0.05) is 5.16 Å². The van der Waals surface area contributed by atoms with E-state index in [0.29, 0.717) is 28.1 Å². The van der Waals surface area contributed by atoms with Crippen molar-refractivity contribution in [3.05, 3.63) is 40.5 Å². The van der Waals surface area contributed by atoms with Gasteiger partial charge in [-0.3, -0.25) is 9.48 Å². The van der Waals surface area contributed by atoms with Gasteiger partial charge in [0.15, 0.2) is 0 Å². The summed E-state index contributed by atoms with van der Waals surface area (Å²) in [6.45, 7) is 10.4. The van der Waals surface area contributed by atoms with Crippen molar-refractivity contribution in [3.8, 4) is 0 Å². The zero-order chi connectivity index (χ0) is 17.4. The summed E-state index contributed by atoms with van der Waals surface area (Å²) in [5, 5.41) is 11.9. The number of hydrogen-bond donors (Lipinski definition) is 1. The number of rotatable bonds is 4. The average Bonchev–Trinajstić information content (AvgIpc) is 3.09. The summed E-state index contributed by atoms with van der Waals surface area (Å²) in [6.07, 6.45) is 1.81. The van der Waals surface area contributed by atoms with Crippen LogP contribution in [0, 0.1) is 20.8 Å². The van der Waals surface area contributed by atoms with Gasteiger partial charge in [0.05, 0.1) is 28.9 Å². The van der Waals surface area contributed by atoms with Crippen molar-refractivity contribution in [2.45, 2.75) is 47.2 Å². The quantitative estimate of drug-likeness (QED) is 0.796. The van der Waals surface area contributed by atoms with Crippen LogP contribution in [0.25, 0.3) is 11.1 Å². The molecule has 24 heavy (non-hydrogen) atoms. The van der Waals surface area contributed by atoms with Crippen molar-refractivity contribution in [3.63, 3.8) is 0 Å². The molecule has 1 N–H and O–H groups in total. The lowest BCUT2D eigenvalue weighted by Crippen LogP contribution is -2.27. The summed E-state index contributed by atoms with van der Waals surface area (Å²) in [5.74, 6) is -0.173. The Morgan fingerprint density at radius 1 is 1.38 bits per heavy atom. The van der Waals surface area contributed by atoms with Crippen LogP contribution in [0.4, 0.5) is 0 Å². The predicted molar refractivity (Wildman–Crippen MR) is 89.8 cm³/mol. The number of pyridine rings is 1. The molecule has 0 spiro atoms. The largest absolute Gasteiger partial charge is 0.345 e. The van der Waals surface area contributed by atoms with Gasteiger partial charge >= 0.3 is 0 Å². The fourth-order valence-corrected chi connectivity index (χ4v) is 2.95. The fourth-order valence-electron chi connectivity index (χ4n) is 2.95. The van der Waals surface area contributed by atoms with Crippen molar-refractivity contribution in [2.24, 2.45) is 0 Å². The smallest absolute Gasteiger partial charge is 0.258 e. The van der Waals surface area contributed by atoms with Crippen molar-refractivity contribution < 1.29 is 9.32 Å². The van der Waals surface area contributed by atoms with Gasteiger partial charge in [0, 0.05) is 23.5 Å². The summed E-state index contributed by atoms with van der Waals surface area (Å²) < 4.78 is 7.11. The molecule has 0 saturated carbocycles. The molecule has 0 saturated heterocycles. The number of hydrogen-bond acceptors (Lipinski definition) is 5. The van der Waals surface area contributed by atoms with Gasteiger partial charge < -0.3 is 9.84 Å². The summed E-state index contributed by atoms with van der Waals surface area (Å²) in [5.41, 5.74) is 4.36. The van der Waals surface area contributed by atoms with Crippen LogP contribution in [-0.2, 0) is 6.54 Å². The van der Waals surface area contributed by atoms with Crippen LogP contribution >= 0.6 is 0 Å². The van der Waals surface area contributed by atoms with Crippen molar-refractivity contribution in [1.29, 1.82) is 0 Å². The van der Waals surface area contributed by atoms with Crippen LogP contribution in [-0.4, -0.2) is 25.8 Å². The zero-order valence-electron chi connectivity index (χ0n) is 14.5. The second kappa shape index (κ2) is 6.07. The molecule has 0 aromatic carbocycles. The molecule has 3 aromatic heterocycles. The second-order valence-electron chi connectivity index (χ2n) is 5.96. The van der Waals surface area contributed by atoms with E-state index in [-0.39, 0.29) is 11.9 Å². The molecule has 0 aliphatic carbocycles. The Labute approximate surface area is 140 Å². The lowest BCUT2D eigenvalue weighted by molar-refractivity contribution is 0.0941. The highest BCUT2D eigenvalue weighted by Gasteiger charge is 2.21. The number of fused-ring (bicyclic) bond motifs is 1. The van der Waals surface area contributed by atoms with Crippen LogP contribution in [0.3, 0.4) is 0 Å². The molecule has 7 heteroatoms. The number of amides is 1. The van der Waals surface area contributed by atoms with E-state index in [0.717, 1.165) is 17.8 Å². The molecular weight excluding hydrogens is 306 g/mol. The van der Waals surface area contributed by atoms with Gasteiger partial charge in [-0.15, -0.1) is 0 Å². The first kappa shape index (κ1) is 16.2. The average molecular weight is 327 g/mol. The standard InChI is InChI=1S/C17H21N5O2/c1-6-22-12(5)14(8-18-22)10(3)20-16(23)13-7-9(2)19-17-15(13)11(4)21-24-17/h7-8,10H,6H2,1-5H3,(H,20,23)/t10-/m1/s1. The molecule has 3 heterocycles. The second-order valence-corrected chi connectivity index (χ2v) is 5.96. The Hall–Kier alpha value is -2.70. The maximum absolute atomic E-state index is 12.8. The monoisotopic (exact) mass is 327 g/mol. The fraction of sp³-hybridized carbons (Fsp3) is 0.412. The molecular formula is C17H21N5O2. The van der Waals surface area contributed by atoms with Gasteiger partial charge in [-0.2, -0.15) is 5.10 Å². The van der Waals surface area contributed by atoms with E-state index in [1.807, 2.05) is 38.6 Å². The summed E-state index contributed by atoms with van der Waals surface area (Å²) in [4.78, 5) is 17.1. The number of aromatic nitrogens is 4. The van der Waals surface area contributed by atoms with Crippen LogP contribution < -0.4 is 5.32 Å². The van der Waals surface area contributed by atoms with Gasteiger partial charge in [0.1, 0.15) is 0 Å². The first-order chi connectivity index (χ1) is 11.4. The Morgan fingerprint density at radius 3 is 2.79 bits per heavy atom. The van der Waals surface area contributed by atoms with Gasteiger partial charge in [0.2, 0.25) is 0 Å². The van der Waals surface area contributed by atoms with Crippen LogP contribution in [0.15, 0.2) is 16.8 Å². The zero-order valence-corrected chi connectivity index (χ0v) is 14.5. The third kappa shape index (κ3) is 2.66. The minimum Gasteiger partial charge on any atom is -0.345 e. The molecule has 1 atom stereocenters. The minimum atomic E-state index is -0.173. The molecule has 0 aliphatic heterocycles. The summed E-state index contributed by atoms with van der Waals surface area (Å²) in [6, 6.07) is 1.61. The molecule has 3 aromatic rings. The maximum Gasteiger partial charge on any atom is 0.258 e. The SMILES string of the molecule is CCn1ncc([C@@H](C)NC(=O)c2cc(C)nc3onc(C)c23)c1C. The Balaban J connectivity index is 1.92. The van der Waals surface area contributed by atoms with Crippen molar-refractivity contribution in [1.82, 2.24) is 25.2 Å². The number of nitrogens with one attached hydrogen (secondary N) is 1. The maximum atomic E-state index is 12.8. The number of carbonyl (C=O) groups is 1. The van der Waals surface area contributed by atoms with E-state index in [1.165, 1.54) is 0 Å². The predicted octanol–water partition coefficient (Wildman–Crippen LogP) is 2.86. The molecule has 0 fully saturated rings. The molecule has 0 radical (unpaired) electrons. The minimum absolute atomic E-state index is 0.151. The lowest BCUT2D eigenvalue weighted by atomic mass is 10.1. The highest BCUT2D eigenvalue weighted by molar-refractivity contribution is 6.06. The number of aryl methyl sites for hydroxylation is 3. The van der Waals surface area contributed by atoms with E-state index < -0.39 is 0 Å². The van der Waals surface area contributed by atoms with E-state index in [2.05, 4.69) is 20.6 Å². The Bertz CT molecular complexity index is 909. The van der Waals surface area contributed by atoms with Crippen molar-refractivity contribution >= 4 is 17.0 Å². The number of nitrogens with zero attached hydrogens (tertiary/aromatic N) is 4. The molecule has 0 aliphatic rings. The van der Waals surface area contributed by atoms with Gasteiger partial charge in [-0.25, -0.2) is 4.98 Å². The Kier molecular flexibility index (Phi) is 4.09. The van der Waals surface area contributed by atoms with Crippen molar-refractivity contribution in [2.75, 3.05) is 0 Å². The van der Waals surface area contributed by atoms with Crippen LogP contribution in [0.1, 0.15) is 52.9 Å². The molecule has 7 nitrogen and oxygen atoms in total. The molecule has 0 bridgehead atoms. The third-order valence-electron chi connectivity index (χ3n) is 4.24.